The van der Waals surface area contributed by atoms with Crippen LogP contribution in [0.1, 0.15) is 90.1 Å². The second kappa shape index (κ2) is 14.9. The fourth-order valence-corrected chi connectivity index (χ4v) is 12.3. The summed E-state index contributed by atoms with van der Waals surface area (Å²) in [5, 5.41) is 3.53. The van der Waals surface area contributed by atoms with Gasteiger partial charge < -0.3 is 18.6 Å². The number of para-hydroxylation sites is 2. The van der Waals surface area contributed by atoms with E-state index in [0.717, 1.165) is 49.9 Å². The van der Waals surface area contributed by atoms with Gasteiger partial charge in [0.25, 0.3) is 6.71 Å². The maximum atomic E-state index is 6.21. The molecule has 336 valence electrons. The van der Waals surface area contributed by atoms with Crippen molar-refractivity contribution in [2.75, 3.05) is 9.80 Å². The zero-order valence-corrected chi connectivity index (χ0v) is 41.9. The van der Waals surface area contributed by atoms with Crippen LogP contribution in [0.15, 0.2) is 155 Å². The molecule has 10 aromatic rings. The van der Waals surface area contributed by atoms with Crippen LogP contribution in [0.2, 0.25) is 0 Å². The molecule has 0 radical (unpaired) electrons. The predicted molar refractivity (Wildman–Crippen MR) is 292 cm³/mol. The number of anilines is 6. The van der Waals surface area contributed by atoms with E-state index >= 15 is 0 Å². The highest BCUT2D eigenvalue weighted by atomic mass is 32.1. The predicted octanol–water partition coefficient (Wildman–Crippen LogP) is 16.3. The lowest BCUT2D eigenvalue weighted by atomic mass is 9.36. The summed E-state index contributed by atoms with van der Waals surface area (Å²) in [5.74, 6) is 0. The van der Waals surface area contributed by atoms with Crippen LogP contribution in [0.3, 0.4) is 0 Å². The number of hydrogen-bond donors (Lipinski definition) is 0. The number of aryl methyl sites for hydroxylation is 2. The zero-order chi connectivity index (χ0) is 47.2. The summed E-state index contributed by atoms with van der Waals surface area (Å²) in [6, 6.07) is 50.1. The Balaban J connectivity index is 1.20. The summed E-state index contributed by atoms with van der Waals surface area (Å²) in [6.45, 7) is 25.7. The minimum Gasteiger partial charge on any atom is -0.464 e. The van der Waals surface area contributed by atoms with Crippen LogP contribution in [-0.4, -0.2) is 6.71 Å². The van der Waals surface area contributed by atoms with Gasteiger partial charge in [0.05, 0.1) is 23.9 Å². The molecule has 0 saturated heterocycles. The molecule has 0 spiro atoms. The van der Waals surface area contributed by atoms with Crippen molar-refractivity contribution < 1.29 is 8.83 Å². The third-order valence-electron chi connectivity index (χ3n) is 14.7. The Kier molecular flexibility index (Phi) is 9.31. The highest BCUT2D eigenvalue weighted by molar-refractivity contribution is 7.33. The lowest BCUT2D eigenvalue weighted by Crippen LogP contribution is -2.60. The maximum Gasteiger partial charge on any atom is 0.264 e. The molecule has 6 heteroatoms. The first-order valence-corrected chi connectivity index (χ1v) is 24.9. The van der Waals surface area contributed by atoms with Crippen molar-refractivity contribution in [3.8, 4) is 22.3 Å². The number of thiophene rings is 1. The van der Waals surface area contributed by atoms with Crippen LogP contribution in [0.25, 0.3) is 54.3 Å². The van der Waals surface area contributed by atoms with E-state index in [1.54, 1.807) is 0 Å². The standard InChI is InChI=1S/C62H57BN2O2S/c1-36-27-41(61(6,7)8)28-37(2)57(36)65-52-33-42(62(9,10)11)32-51-56(52)63(59-58(65)46-31-40(60(3,4)5)24-26-55(46)68-59)49-25-23-39(48-35-67-54-22-15-13-20-45(48)54)30-50(49)64(51)43-18-16-17-38(29-43)47-34-66-53-21-14-12-19-44(47)53/h12-35H,1-11H3. The molecule has 5 heterocycles. The first-order chi connectivity index (χ1) is 32.4. The highest BCUT2D eigenvalue weighted by Gasteiger charge is 2.47. The van der Waals surface area contributed by atoms with E-state index in [2.05, 4.69) is 201 Å². The summed E-state index contributed by atoms with van der Waals surface area (Å²) < 4.78 is 15.1. The molecule has 3 aromatic heterocycles. The summed E-state index contributed by atoms with van der Waals surface area (Å²) in [7, 11) is 0. The number of benzene rings is 7. The molecule has 0 saturated carbocycles. The smallest absolute Gasteiger partial charge is 0.264 e. The third-order valence-corrected chi connectivity index (χ3v) is 15.9. The van der Waals surface area contributed by atoms with Gasteiger partial charge in [-0.3, -0.25) is 0 Å². The molecule has 12 rings (SSSR count). The summed E-state index contributed by atoms with van der Waals surface area (Å²) in [6.07, 6.45) is 3.84. The van der Waals surface area contributed by atoms with Crippen LogP contribution in [-0.2, 0) is 16.2 Å². The largest absolute Gasteiger partial charge is 0.464 e. The van der Waals surface area contributed by atoms with E-state index in [1.165, 1.54) is 82.0 Å². The van der Waals surface area contributed by atoms with Crippen molar-refractivity contribution in [3.05, 3.63) is 174 Å². The molecule has 0 atom stereocenters. The van der Waals surface area contributed by atoms with E-state index in [0.29, 0.717) is 0 Å². The van der Waals surface area contributed by atoms with Crippen LogP contribution in [0.5, 0.6) is 0 Å². The molecule has 0 amide bonds. The van der Waals surface area contributed by atoms with Crippen molar-refractivity contribution in [1.29, 1.82) is 0 Å². The Morgan fingerprint density at radius 2 is 1.04 bits per heavy atom. The Morgan fingerprint density at radius 1 is 0.471 bits per heavy atom. The Hall–Kier alpha value is -6.76. The van der Waals surface area contributed by atoms with Crippen LogP contribution < -0.4 is 25.5 Å². The molecule has 7 aromatic carbocycles. The van der Waals surface area contributed by atoms with Crippen molar-refractivity contribution in [1.82, 2.24) is 0 Å². The van der Waals surface area contributed by atoms with Crippen molar-refractivity contribution in [2.24, 2.45) is 0 Å². The number of rotatable bonds is 4. The molecule has 0 aliphatic carbocycles. The Bertz CT molecular complexity index is 3670. The summed E-state index contributed by atoms with van der Waals surface area (Å²) in [4.78, 5) is 5.25. The van der Waals surface area contributed by atoms with Crippen molar-refractivity contribution >= 4 is 99.9 Å². The minimum absolute atomic E-state index is 0.0112. The van der Waals surface area contributed by atoms with Crippen LogP contribution in [0.4, 0.5) is 34.1 Å². The van der Waals surface area contributed by atoms with E-state index < -0.39 is 0 Å². The SMILES string of the molecule is Cc1cc(C(C)(C)C)cc(C)c1N1c2cc(C(C)(C)C)cc3c2B(c2ccc(-c4coc5ccccc45)cc2N3c2cccc(-c3coc4ccccc34)c2)c2sc3ccc(C(C)(C)C)cc3c21. The monoisotopic (exact) mass is 904 g/mol. The number of fused-ring (bicyclic) bond motifs is 8. The van der Waals surface area contributed by atoms with E-state index in [4.69, 9.17) is 8.83 Å². The fourth-order valence-electron chi connectivity index (χ4n) is 11.0. The molecule has 2 aliphatic heterocycles. The van der Waals surface area contributed by atoms with E-state index in [9.17, 15) is 0 Å². The van der Waals surface area contributed by atoms with Gasteiger partial charge in [0, 0.05) is 59.5 Å². The number of nitrogens with zero attached hydrogens (tertiary/aromatic N) is 2. The normalized spacial score (nSPS) is 13.7. The van der Waals surface area contributed by atoms with Gasteiger partial charge in [-0.2, -0.15) is 0 Å². The minimum atomic E-state index is -0.162. The third kappa shape index (κ3) is 6.54. The molecular weight excluding hydrogens is 848 g/mol. The second-order valence-electron chi connectivity index (χ2n) is 22.4. The molecular formula is C62H57BN2O2S. The highest BCUT2D eigenvalue weighted by Crippen LogP contribution is 2.52. The van der Waals surface area contributed by atoms with Crippen LogP contribution in [0, 0.1) is 13.8 Å². The van der Waals surface area contributed by atoms with Crippen molar-refractivity contribution in [3.63, 3.8) is 0 Å². The first-order valence-electron chi connectivity index (χ1n) is 24.1. The average Bonchev–Trinajstić information content (AvgIpc) is 4.04. The topological polar surface area (TPSA) is 32.8 Å². The second-order valence-corrected chi connectivity index (χ2v) is 23.5. The fraction of sp³-hybridized carbons (Fsp3) is 0.226. The number of hydrogen-bond acceptors (Lipinski definition) is 5. The lowest BCUT2D eigenvalue weighted by molar-refractivity contribution is 0.589. The van der Waals surface area contributed by atoms with Gasteiger partial charge in [-0.05, 0) is 135 Å². The Labute approximate surface area is 404 Å². The Morgan fingerprint density at radius 3 is 1.66 bits per heavy atom. The lowest BCUT2D eigenvalue weighted by Gasteiger charge is -2.45. The molecule has 0 bridgehead atoms. The maximum absolute atomic E-state index is 6.21. The van der Waals surface area contributed by atoms with E-state index in [-0.39, 0.29) is 23.0 Å². The summed E-state index contributed by atoms with van der Waals surface area (Å²) in [5.41, 5.74) is 22.5. The quantitative estimate of drug-likeness (QED) is 0.165. The van der Waals surface area contributed by atoms with Crippen molar-refractivity contribution in [2.45, 2.75) is 92.4 Å². The van der Waals surface area contributed by atoms with Gasteiger partial charge in [-0.25, -0.2) is 0 Å². The molecule has 68 heavy (non-hydrogen) atoms. The zero-order valence-electron chi connectivity index (χ0n) is 41.1. The van der Waals surface area contributed by atoms with Gasteiger partial charge >= 0.3 is 0 Å². The molecule has 4 nitrogen and oxygen atoms in total. The van der Waals surface area contributed by atoms with Gasteiger partial charge in [0.15, 0.2) is 0 Å². The molecule has 0 unspecified atom stereocenters. The van der Waals surface area contributed by atoms with Gasteiger partial charge in [-0.15, -0.1) is 11.3 Å². The van der Waals surface area contributed by atoms with E-state index in [1.807, 2.05) is 42.1 Å². The van der Waals surface area contributed by atoms with Gasteiger partial charge in [0.2, 0.25) is 0 Å². The van der Waals surface area contributed by atoms with Gasteiger partial charge in [-0.1, -0.05) is 141 Å². The summed E-state index contributed by atoms with van der Waals surface area (Å²) >= 11 is 1.97. The molecule has 2 aliphatic rings. The average molecular weight is 905 g/mol. The van der Waals surface area contributed by atoms with Gasteiger partial charge in [0.1, 0.15) is 11.2 Å². The first kappa shape index (κ1) is 42.6. The van der Waals surface area contributed by atoms with Crippen LogP contribution >= 0.6 is 11.3 Å². The molecule has 0 fully saturated rings. The molecule has 0 N–H and O–H groups in total. The number of furan rings is 2.